The molecule has 0 radical (unpaired) electrons. The quantitative estimate of drug-likeness (QED) is 0.527. The molecule has 0 N–H and O–H groups in total. The van der Waals surface area contributed by atoms with Gasteiger partial charge in [-0.25, -0.2) is 0 Å². The van der Waals surface area contributed by atoms with Gasteiger partial charge < -0.3 is 9.26 Å². The van der Waals surface area contributed by atoms with Gasteiger partial charge in [-0.3, -0.25) is 10.1 Å². The van der Waals surface area contributed by atoms with Crippen LogP contribution in [-0.4, -0.2) is 21.7 Å². The lowest BCUT2D eigenvalue weighted by molar-refractivity contribution is -0.384. The fourth-order valence-electron chi connectivity index (χ4n) is 2.13. The lowest BCUT2D eigenvalue weighted by atomic mass is 10.2. The average molecular weight is 311 g/mol. The lowest BCUT2D eigenvalue weighted by Gasteiger charge is -2.05. The van der Waals surface area contributed by atoms with Crippen molar-refractivity contribution in [3.8, 4) is 28.6 Å². The number of aromatic nitrogens is 2. The zero-order valence-electron chi connectivity index (χ0n) is 12.3. The van der Waals surface area contributed by atoms with Crippen LogP contribution < -0.4 is 4.74 Å². The van der Waals surface area contributed by atoms with Crippen molar-refractivity contribution in [1.29, 1.82) is 0 Å². The van der Waals surface area contributed by atoms with Crippen molar-refractivity contribution in [2.24, 2.45) is 0 Å². The normalized spacial score (nSPS) is 10.5. The second-order valence-corrected chi connectivity index (χ2v) is 4.66. The average Bonchev–Trinajstić information content (AvgIpc) is 3.06. The molecule has 0 bridgehead atoms. The number of benzene rings is 2. The van der Waals surface area contributed by atoms with Crippen LogP contribution in [0.2, 0.25) is 0 Å². The maximum atomic E-state index is 10.9. The molecule has 1 aromatic heterocycles. The Balaban J connectivity index is 1.98. The molecule has 0 fully saturated rings. The summed E-state index contributed by atoms with van der Waals surface area (Å²) in [6.45, 7) is 2.40. The molecule has 0 aliphatic rings. The zero-order valence-corrected chi connectivity index (χ0v) is 12.3. The predicted octanol–water partition coefficient (Wildman–Crippen LogP) is 3.71. The lowest BCUT2D eigenvalue weighted by Crippen LogP contribution is -1.93. The van der Waals surface area contributed by atoms with E-state index in [-0.39, 0.29) is 11.5 Å². The highest BCUT2D eigenvalue weighted by Gasteiger charge is 2.16. The van der Waals surface area contributed by atoms with Crippen LogP contribution in [0.25, 0.3) is 22.8 Å². The van der Waals surface area contributed by atoms with Crippen molar-refractivity contribution in [2.45, 2.75) is 6.92 Å². The summed E-state index contributed by atoms with van der Waals surface area (Å²) in [5.41, 5.74) is 1.17. The van der Waals surface area contributed by atoms with Crippen molar-refractivity contribution in [1.82, 2.24) is 10.1 Å². The number of nitro benzene ring substituents is 1. The molecule has 0 aliphatic carbocycles. The SMILES string of the molecule is CCOc1ccccc1-c1nc(-c2cccc([N+](=O)[O-])c2)no1. The Bertz CT molecular complexity index is 845. The molecule has 2 aromatic carbocycles. The molecule has 0 saturated carbocycles. The summed E-state index contributed by atoms with van der Waals surface area (Å²) >= 11 is 0. The fraction of sp³-hybridized carbons (Fsp3) is 0.125. The molecule has 7 nitrogen and oxygen atoms in total. The third kappa shape index (κ3) is 3.03. The number of hydrogen-bond donors (Lipinski definition) is 0. The fourth-order valence-corrected chi connectivity index (χ4v) is 2.13. The number of rotatable bonds is 5. The topological polar surface area (TPSA) is 91.3 Å². The van der Waals surface area contributed by atoms with Crippen LogP contribution in [0.15, 0.2) is 53.1 Å². The van der Waals surface area contributed by atoms with Gasteiger partial charge in [-0.2, -0.15) is 4.98 Å². The molecule has 0 amide bonds. The summed E-state index contributed by atoms with van der Waals surface area (Å²) < 4.78 is 10.8. The van der Waals surface area contributed by atoms with Gasteiger partial charge in [0.1, 0.15) is 5.75 Å². The van der Waals surface area contributed by atoms with Crippen LogP contribution in [0.1, 0.15) is 6.92 Å². The highest BCUT2D eigenvalue weighted by atomic mass is 16.6. The molecule has 0 unspecified atom stereocenters. The summed E-state index contributed by atoms with van der Waals surface area (Å²) in [5, 5.41) is 14.8. The number of ether oxygens (including phenoxy) is 1. The molecule has 23 heavy (non-hydrogen) atoms. The highest BCUT2D eigenvalue weighted by molar-refractivity contribution is 5.66. The molecular formula is C16H13N3O4. The number of non-ortho nitro benzene ring substituents is 1. The maximum Gasteiger partial charge on any atom is 0.270 e. The van der Waals surface area contributed by atoms with E-state index in [1.807, 2.05) is 31.2 Å². The van der Waals surface area contributed by atoms with Gasteiger partial charge in [0, 0.05) is 17.7 Å². The summed E-state index contributed by atoms with van der Waals surface area (Å²) in [4.78, 5) is 14.7. The smallest absolute Gasteiger partial charge is 0.270 e. The number of nitrogens with zero attached hydrogens (tertiary/aromatic N) is 3. The highest BCUT2D eigenvalue weighted by Crippen LogP contribution is 2.30. The summed E-state index contributed by atoms with van der Waals surface area (Å²) in [6, 6.07) is 13.4. The second kappa shape index (κ2) is 6.27. The molecule has 116 valence electrons. The van der Waals surface area contributed by atoms with Gasteiger partial charge in [0.2, 0.25) is 5.82 Å². The van der Waals surface area contributed by atoms with E-state index in [9.17, 15) is 10.1 Å². The van der Waals surface area contributed by atoms with Crippen molar-refractivity contribution < 1.29 is 14.2 Å². The van der Waals surface area contributed by atoms with Crippen LogP contribution in [0.4, 0.5) is 5.69 Å². The van der Waals surface area contributed by atoms with Crippen LogP contribution in [0, 0.1) is 10.1 Å². The first kappa shape index (κ1) is 14.7. The summed E-state index contributed by atoms with van der Waals surface area (Å²) in [7, 11) is 0. The Hall–Kier alpha value is -3.22. The Kier molecular flexibility index (Phi) is 4.01. The van der Waals surface area contributed by atoms with Crippen molar-refractivity contribution >= 4 is 5.69 Å². The van der Waals surface area contributed by atoms with E-state index in [4.69, 9.17) is 9.26 Å². The molecule has 3 aromatic rings. The minimum absolute atomic E-state index is 0.0245. The zero-order chi connectivity index (χ0) is 16.2. The van der Waals surface area contributed by atoms with Crippen molar-refractivity contribution in [3.63, 3.8) is 0 Å². The van der Waals surface area contributed by atoms with Crippen molar-refractivity contribution in [2.75, 3.05) is 6.61 Å². The first-order chi connectivity index (χ1) is 11.2. The molecule has 0 atom stereocenters. The second-order valence-electron chi connectivity index (χ2n) is 4.66. The molecule has 7 heteroatoms. The monoisotopic (exact) mass is 311 g/mol. The molecule has 3 rings (SSSR count). The van der Waals surface area contributed by atoms with Gasteiger partial charge in [0.25, 0.3) is 11.6 Å². The van der Waals surface area contributed by atoms with Gasteiger partial charge in [0.15, 0.2) is 0 Å². The largest absolute Gasteiger partial charge is 0.493 e. The van der Waals surface area contributed by atoms with E-state index in [0.717, 1.165) is 0 Å². The van der Waals surface area contributed by atoms with Gasteiger partial charge >= 0.3 is 0 Å². The third-order valence-corrected chi connectivity index (χ3v) is 3.16. The molecule has 0 aliphatic heterocycles. The molecular weight excluding hydrogens is 298 g/mol. The van der Waals surface area contributed by atoms with Crippen LogP contribution in [-0.2, 0) is 0 Å². The van der Waals surface area contributed by atoms with Crippen molar-refractivity contribution in [3.05, 3.63) is 58.6 Å². The predicted molar refractivity (Wildman–Crippen MR) is 83.0 cm³/mol. The van der Waals surface area contributed by atoms with Crippen LogP contribution in [0.3, 0.4) is 0 Å². The first-order valence-electron chi connectivity index (χ1n) is 6.99. The molecule has 0 spiro atoms. The summed E-state index contributed by atoms with van der Waals surface area (Å²) in [5.74, 6) is 1.23. The minimum atomic E-state index is -0.463. The standard InChI is InChI=1S/C16H13N3O4/c1-2-22-14-9-4-3-8-13(14)16-17-15(18-23-16)11-6-5-7-12(10-11)19(20)21/h3-10H,2H2,1H3. The Morgan fingerprint density at radius 3 is 2.83 bits per heavy atom. The van der Waals surface area contributed by atoms with E-state index in [1.54, 1.807) is 12.1 Å². The van der Waals surface area contributed by atoms with Gasteiger partial charge in [-0.05, 0) is 19.1 Å². The Morgan fingerprint density at radius 2 is 2.04 bits per heavy atom. The van der Waals surface area contributed by atoms with E-state index < -0.39 is 4.92 Å². The first-order valence-corrected chi connectivity index (χ1v) is 6.99. The van der Waals surface area contributed by atoms with Crippen LogP contribution in [0.5, 0.6) is 5.75 Å². The maximum absolute atomic E-state index is 10.9. The minimum Gasteiger partial charge on any atom is -0.493 e. The van der Waals surface area contributed by atoms with Crippen LogP contribution >= 0.6 is 0 Å². The van der Waals surface area contributed by atoms with Gasteiger partial charge in [-0.15, -0.1) is 0 Å². The van der Waals surface area contributed by atoms with Gasteiger partial charge in [-0.1, -0.05) is 29.4 Å². The Labute approximate surface area is 131 Å². The molecule has 0 saturated heterocycles. The van der Waals surface area contributed by atoms with E-state index in [0.29, 0.717) is 29.4 Å². The number of para-hydroxylation sites is 1. The van der Waals surface area contributed by atoms with E-state index >= 15 is 0 Å². The number of nitro groups is 1. The number of hydrogen-bond acceptors (Lipinski definition) is 6. The van der Waals surface area contributed by atoms with E-state index in [1.165, 1.54) is 12.1 Å². The third-order valence-electron chi connectivity index (χ3n) is 3.16. The van der Waals surface area contributed by atoms with E-state index in [2.05, 4.69) is 10.1 Å². The Morgan fingerprint density at radius 1 is 1.22 bits per heavy atom. The summed E-state index contributed by atoms with van der Waals surface area (Å²) in [6.07, 6.45) is 0. The molecule has 1 heterocycles. The van der Waals surface area contributed by atoms with Gasteiger partial charge in [0.05, 0.1) is 17.1 Å².